The fraction of sp³-hybridized carbons (Fsp3) is 0.944. The van der Waals surface area contributed by atoms with E-state index in [-0.39, 0.29) is 24.2 Å². The first kappa shape index (κ1) is 22.4. The van der Waals surface area contributed by atoms with Crippen molar-refractivity contribution in [2.75, 3.05) is 32.9 Å². The van der Waals surface area contributed by atoms with Crippen LogP contribution in [-0.4, -0.2) is 50.5 Å². The molecule has 0 rings (SSSR count). The van der Waals surface area contributed by atoms with Crippen molar-refractivity contribution in [3.05, 3.63) is 0 Å². The lowest BCUT2D eigenvalue weighted by molar-refractivity contribution is -0.128. The summed E-state index contributed by atoms with van der Waals surface area (Å²) in [5.74, 6) is 0.376. The molecule has 0 bridgehead atoms. The van der Waals surface area contributed by atoms with Crippen LogP contribution < -0.4 is 10.6 Å². The van der Waals surface area contributed by atoms with Gasteiger partial charge >= 0.3 is 0 Å². The molecule has 0 spiro atoms. The summed E-state index contributed by atoms with van der Waals surface area (Å²) in [7, 11) is 0. The molecule has 0 aromatic rings. The Morgan fingerprint density at radius 1 is 1.00 bits per heavy atom. The average Bonchev–Trinajstić information content (AvgIpc) is 2.45. The van der Waals surface area contributed by atoms with Crippen molar-refractivity contribution < 1.29 is 14.3 Å². The van der Waals surface area contributed by atoms with Crippen LogP contribution in [0.15, 0.2) is 0 Å². The van der Waals surface area contributed by atoms with Crippen molar-refractivity contribution >= 4 is 5.91 Å². The number of hydrogen-bond donors (Lipinski definition) is 2. The van der Waals surface area contributed by atoms with Crippen LogP contribution in [0.5, 0.6) is 0 Å². The Morgan fingerprint density at radius 2 is 1.65 bits per heavy atom. The molecule has 5 heteroatoms. The zero-order chi connectivity index (χ0) is 17.7. The highest BCUT2D eigenvalue weighted by atomic mass is 16.5. The highest BCUT2D eigenvalue weighted by Crippen LogP contribution is 2.04. The van der Waals surface area contributed by atoms with E-state index in [1.807, 2.05) is 6.92 Å². The van der Waals surface area contributed by atoms with Crippen molar-refractivity contribution in [2.24, 2.45) is 5.92 Å². The highest BCUT2D eigenvalue weighted by molar-refractivity contribution is 5.77. The molecule has 1 unspecified atom stereocenters. The van der Waals surface area contributed by atoms with Crippen molar-refractivity contribution in [3.8, 4) is 0 Å². The first-order valence-corrected chi connectivity index (χ1v) is 8.93. The molecule has 138 valence electrons. The minimum absolute atomic E-state index is 0.0502. The van der Waals surface area contributed by atoms with E-state index in [0.717, 1.165) is 32.4 Å². The van der Waals surface area contributed by atoms with Crippen LogP contribution in [0.1, 0.15) is 60.8 Å². The fourth-order valence-electron chi connectivity index (χ4n) is 1.75. The van der Waals surface area contributed by atoms with Crippen LogP contribution in [0.2, 0.25) is 0 Å². The SMILES string of the molecule is CC(C)C(C)OCC(=O)NCCCOCCCCNC(C)(C)C. The summed E-state index contributed by atoms with van der Waals surface area (Å²) in [6, 6.07) is 0. The molecule has 0 aliphatic carbocycles. The van der Waals surface area contributed by atoms with Gasteiger partial charge in [-0.15, -0.1) is 0 Å². The van der Waals surface area contributed by atoms with Crippen LogP contribution in [0, 0.1) is 5.92 Å². The highest BCUT2D eigenvalue weighted by Gasteiger charge is 2.09. The second-order valence-corrected chi connectivity index (χ2v) is 7.46. The van der Waals surface area contributed by atoms with E-state index >= 15 is 0 Å². The van der Waals surface area contributed by atoms with Gasteiger partial charge in [0.15, 0.2) is 0 Å². The van der Waals surface area contributed by atoms with E-state index in [4.69, 9.17) is 9.47 Å². The summed E-state index contributed by atoms with van der Waals surface area (Å²) < 4.78 is 11.0. The number of nitrogens with one attached hydrogen (secondary N) is 2. The Bertz CT molecular complexity index is 301. The van der Waals surface area contributed by atoms with Gasteiger partial charge in [0.25, 0.3) is 0 Å². The molecule has 0 saturated carbocycles. The van der Waals surface area contributed by atoms with Gasteiger partial charge in [-0.25, -0.2) is 0 Å². The fourth-order valence-corrected chi connectivity index (χ4v) is 1.75. The number of amides is 1. The maximum Gasteiger partial charge on any atom is 0.246 e. The Kier molecular flexibility index (Phi) is 12.4. The predicted molar refractivity (Wildman–Crippen MR) is 95.7 cm³/mol. The minimum atomic E-state index is -0.0502. The molecule has 1 atom stereocenters. The lowest BCUT2D eigenvalue weighted by Crippen LogP contribution is -2.36. The topological polar surface area (TPSA) is 59.6 Å². The number of rotatable bonds is 13. The smallest absolute Gasteiger partial charge is 0.246 e. The number of carbonyl (C=O) groups excluding carboxylic acids is 1. The third-order valence-corrected chi connectivity index (χ3v) is 3.57. The zero-order valence-corrected chi connectivity index (χ0v) is 16.0. The normalized spacial score (nSPS) is 13.3. The van der Waals surface area contributed by atoms with E-state index in [9.17, 15) is 4.79 Å². The summed E-state index contributed by atoms with van der Waals surface area (Å²) >= 11 is 0. The molecule has 0 aromatic carbocycles. The molecule has 0 aliphatic rings. The first-order chi connectivity index (χ1) is 10.7. The Labute approximate surface area is 142 Å². The van der Waals surface area contributed by atoms with Crippen LogP contribution in [0.25, 0.3) is 0 Å². The second kappa shape index (κ2) is 12.7. The van der Waals surface area contributed by atoms with E-state index in [0.29, 0.717) is 19.1 Å². The molecule has 23 heavy (non-hydrogen) atoms. The molecule has 0 fully saturated rings. The van der Waals surface area contributed by atoms with E-state index in [2.05, 4.69) is 45.3 Å². The van der Waals surface area contributed by atoms with Crippen LogP contribution in [0.3, 0.4) is 0 Å². The van der Waals surface area contributed by atoms with Crippen molar-refractivity contribution in [3.63, 3.8) is 0 Å². The number of ether oxygens (including phenoxy) is 2. The minimum Gasteiger partial charge on any atom is -0.381 e. The lowest BCUT2D eigenvalue weighted by atomic mass is 10.1. The largest absolute Gasteiger partial charge is 0.381 e. The van der Waals surface area contributed by atoms with Gasteiger partial charge < -0.3 is 20.1 Å². The summed E-state index contributed by atoms with van der Waals surface area (Å²) in [4.78, 5) is 11.6. The maximum absolute atomic E-state index is 11.6. The van der Waals surface area contributed by atoms with Gasteiger partial charge in [-0.1, -0.05) is 13.8 Å². The molecule has 5 nitrogen and oxygen atoms in total. The van der Waals surface area contributed by atoms with Gasteiger partial charge in [-0.05, 0) is 59.4 Å². The van der Waals surface area contributed by atoms with Gasteiger partial charge in [-0.2, -0.15) is 0 Å². The molecule has 0 aromatic heterocycles. The van der Waals surface area contributed by atoms with Crippen molar-refractivity contribution in [2.45, 2.75) is 72.4 Å². The first-order valence-electron chi connectivity index (χ1n) is 8.93. The second-order valence-electron chi connectivity index (χ2n) is 7.46. The quantitative estimate of drug-likeness (QED) is 0.510. The average molecular weight is 331 g/mol. The molecule has 0 radical (unpaired) electrons. The number of carbonyl (C=O) groups is 1. The van der Waals surface area contributed by atoms with Crippen LogP contribution in [-0.2, 0) is 14.3 Å². The molecule has 0 aliphatic heterocycles. The van der Waals surface area contributed by atoms with E-state index in [1.54, 1.807) is 0 Å². The monoisotopic (exact) mass is 330 g/mol. The lowest BCUT2D eigenvalue weighted by Gasteiger charge is -2.20. The molecule has 0 saturated heterocycles. The zero-order valence-electron chi connectivity index (χ0n) is 16.0. The van der Waals surface area contributed by atoms with Crippen LogP contribution >= 0.6 is 0 Å². The number of unbranched alkanes of at least 4 members (excludes halogenated alkanes) is 1. The van der Waals surface area contributed by atoms with Gasteiger partial charge in [0, 0.05) is 25.3 Å². The van der Waals surface area contributed by atoms with Gasteiger partial charge in [-0.3, -0.25) is 4.79 Å². The molecule has 2 N–H and O–H groups in total. The number of hydrogen-bond acceptors (Lipinski definition) is 4. The Morgan fingerprint density at radius 3 is 2.26 bits per heavy atom. The molecular formula is C18H38N2O3. The van der Waals surface area contributed by atoms with Gasteiger partial charge in [0.05, 0.1) is 6.10 Å². The maximum atomic E-state index is 11.6. The molecule has 0 heterocycles. The van der Waals surface area contributed by atoms with Gasteiger partial charge in [0.1, 0.15) is 6.61 Å². The van der Waals surface area contributed by atoms with E-state index < -0.39 is 0 Å². The summed E-state index contributed by atoms with van der Waals surface area (Å²) in [5, 5.41) is 6.31. The van der Waals surface area contributed by atoms with Crippen molar-refractivity contribution in [1.82, 2.24) is 10.6 Å². The van der Waals surface area contributed by atoms with E-state index in [1.165, 1.54) is 0 Å². The summed E-state index contributed by atoms with van der Waals surface area (Å²) in [6.07, 6.45) is 3.14. The Balaban J connectivity index is 3.31. The molecule has 1 amide bonds. The predicted octanol–water partition coefficient (Wildman–Crippen LogP) is 2.74. The third-order valence-electron chi connectivity index (χ3n) is 3.57. The van der Waals surface area contributed by atoms with Crippen LogP contribution in [0.4, 0.5) is 0 Å². The summed E-state index contributed by atoms with van der Waals surface area (Å²) in [5.41, 5.74) is 0.190. The standard InChI is InChI=1S/C18H38N2O3/c1-15(2)16(3)23-14-17(21)19-10-9-13-22-12-8-7-11-20-18(4,5)6/h15-16,20H,7-14H2,1-6H3,(H,19,21). The molecular weight excluding hydrogens is 292 g/mol. The summed E-state index contributed by atoms with van der Waals surface area (Å²) in [6.45, 7) is 16.0. The Hall–Kier alpha value is -0.650. The van der Waals surface area contributed by atoms with Gasteiger partial charge in [0.2, 0.25) is 5.91 Å². The third kappa shape index (κ3) is 16.0. The van der Waals surface area contributed by atoms with Crippen molar-refractivity contribution in [1.29, 1.82) is 0 Å².